The molecule has 80 valence electrons. The average Bonchev–Trinajstić information content (AvgIpc) is 2.17. The smallest absolute Gasteiger partial charge is 0.221 e. The molecular weight excluding hydrogens is 190 g/mol. The second kappa shape index (κ2) is 4.73. The van der Waals surface area contributed by atoms with E-state index in [9.17, 15) is 9.59 Å². The molecule has 0 saturated heterocycles. The first-order valence-electron chi connectivity index (χ1n) is 4.96. The maximum absolute atomic E-state index is 11.2. The van der Waals surface area contributed by atoms with Gasteiger partial charge in [0.2, 0.25) is 5.91 Å². The van der Waals surface area contributed by atoms with Crippen LogP contribution in [0.25, 0.3) is 0 Å². The fourth-order valence-electron chi connectivity index (χ4n) is 1.42. The number of amides is 1. The number of hydrogen-bond acceptors (Lipinski definition) is 2. The summed E-state index contributed by atoms with van der Waals surface area (Å²) in [4.78, 5) is 22.1. The third kappa shape index (κ3) is 2.91. The van der Waals surface area contributed by atoms with Crippen LogP contribution in [0.2, 0.25) is 0 Å². The van der Waals surface area contributed by atoms with Crippen LogP contribution < -0.4 is 5.32 Å². The molecule has 0 radical (unpaired) electrons. The average molecular weight is 205 g/mol. The highest BCUT2D eigenvalue weighted by Crippen LogP contribution is 2.18. The van der Waals surface area contributed by atoms with E-state index in [2.05, 4.69) is 5.32 Å². The summed E-state index contributed by atoms with van der Waals surface area (Å²) in [6.45, 7) is 5.00. The van der Waals surface area contributed by atoms with Gasteiger partial charge in [-0.05, 0) is 37.1 Å². The predicted octanol–water partition coefficient (Wildman–Crippen LogP) is 2.41. The van der Waals surface area contributed by atoms with Gasteiger partial charge in [-0.1, -0.05) is 6.92 Å². The Labute approximate surface area is 89.5 Å². The Bertz CT molecular complexity index is 397. The van der Waals surface area contributed by atoms with Gasteiger partial charge in [-0.2, -0.15) is 0 Å². The van der Waals surface area contributed by atoms with Gasteiger partial charge in [-0.3, -0.25) is 9.59 Å². The van der Waals surface area contributed by atoms with Crippen LogP contribution in [0.5, 0.6) is 0 Å². The lowest BCUT2D eigenvalue weighted by Gasteiger charge is -2.09. The normalized spacial score (nSPS) is 9.80. The summed E-state index contributed by atoms with van der Waals surface area (Å²) in [6, 6.07) is 5.33. The molecule has 0 saturated carbocycles. The molecule has 1 aromatic carbocycles. The number of aryl methyl sites for hydroxylation is 1. The minimum absolute atomic E-state index is 0.0408. The van der Waals surface area contributed by atoms with Crippen LogP contribution in [-0.4, -0.2) is 11.7 Å². The van der Waals surface area contributed by atoms with E-state index in [1.165, 1.54) is 13.8 Å². The maximum atomic E-state index is 11.2. The van der Waals surface area contributed by atoms with Crippen LogP contribution in [-0.2, 0) is 11.2 Å². The van der Waals surface area contributed by atoms with E-state index < -0.39 is 0 Å². The second-order valence-corrected chi connectivity index (χ2v) is 3.46. The largest absolute Gasteiger partial charge is 0.326 e. The summed E-state index contributed by atoms with van der Waals surface area (Å²) in [5.74, 6) is -0.0562. The number of nitrogens with one attached hydrogen (secondary N) is 1. The van der Waals surface area contributed by atoms with Crippen molar-refractivity contribution in [3.8, 4) is 0 Å². The van der Waals surface area contributed by atoms with Crippen molar-refractivity contribution in [1.82, 2.24) is 0 Å². The first-order chi connectivity index (χ1) is 7.04. The van der Waals surface area contributed by atoms with E-state index in [0.29, 0.717) is 5.56 Å². The van der Waals surface area contributed by atoms with Crippen molar-refractivity contribution >= 4 is 17.4 Å². The zero-order chi connectivity index (χ0) is 11.4. The fourth-order valence-corrected chi connectivity index (χ4v) is 1.42. The van der Waals surface area contributed by atoms with Crippen molar-refractivity contribution in [2.75, 3.05) is 5.32 Å². The molecule has 0 aromatic heterocycles. The fraction of sp³-hybridized carbons (Fsp3) is 0.333. The van der Waals surface area contributed by atoms with E-state index in [4.69, 9.17) is 0 Å². The lowest BCUT2D eigenvalue weighted by Crippen LogP contribution is -2.08. The predicted molar refractivity (Wildman–Crippen MR) is 60.1 cm³/mol. The van der Waals surface area contributed by atoms with Gasteiger partial charge in [0.15, 0.2) is 5.78 Å². The molecule has 0 fully saturated rings. The number of carbonyl (C=O) groups is 2. The number of rotatable bonds is 3. The van der Waals surface area contributed by atoms with Crippen molar-refractivity contribution in [2.45, 2.75) is 27.2 Å². The minimum atomic E-state index is -0.0970. The molecule has 0 unspecified atom stereocenters. The Morgan fingerprint density at radius 1 is 1.27 bits per heavy atom. The van der Waals surface area contributed by atoms with E-state index in [-0.39, 0.29) is 11.7 Å². The molecule has 0 aliphatic carbocycles. The van der Waals surface area contributed by atoms with Gasteiger partial charge >= 0.3 is 0 Å². The van der Waals surface area contributed by atoms with Gasteiger partial charge in [-0.25, -0.2) is 0 Å². The molecule has 0 spiro atoms. The molecule has 1 rings (SSSR count). The SMILES string of the molecule is CCc1cc(C(C)=O)ccc1NC(C)=O. The Kier molecular flexibility index (Phi) is 3.61. The molecule has 0 aliphatic rings. The molecular formula is C12H15NO2. The number of benzene rings is 1. The van der Waals surface area contributed by atoms with Crippen molar-refractivity contribution in [2.24, 2.45) is 0 Å². The second-order valence-electron chi connectivity index (χ2n) is 3.46. The van der Waals surface area contributed by atoms with Gasteiger partial charge < -0.3 is 5.32 Å². The Morgan fingerprint density at radius 2 is 1.93 bits per heavy atom. The quantitative estimate of drug-likeness (QED) is 0.770. The Hall–Kier alpha value is -1.64. The molecule has 3 nitrogen and oxygen atoms in total. The Balaban J connectivity index is 3.08. The van der Waals surface area contributed by atoms with Crippen molar-refractivity contribution in [3.05, 3.63) is 29.3 Å². The van der Waals surface area contributed by atoms with Crippen LogP contribution in [0, 0.1) is 0 Å². The summed E-state index contributed by atoms with van der Waals surface area (Å²) in [6.07, 6.45) is 0.788. The molecule has 0 heterocycles. The topological polar surface area (TPSA) is 46.2 Å². The first kappa shape index (κ1) is 11.4. The van der Waals surface area contributed by atoms with Gasteiger partial charge in [-0.15, -0.1) is 0 Å². The zero-order valence-corrected chi connectivity index (χ0v) is 9.26. The zero-order valence-electron chi connectivity index (χ0n) is 9.26. The highest BCUT2D eigenvalue weighted by Gasteiger charge is 2.06. The van der Waals surface area contributed by atoms with Crippen LogP contribution in [0.15, 0.2) is 18.2 Å². The van der Waals surface area contributed by atoms with E-state index >= 15 is 0 Å². The molecule has 0 atom stereocenters. The molecule has 1 N–H and O–H groups in total. The number of ketones is 1. The monoisotopic (exact) mass is 205 g/mol. The van der Waals surface area contributed by atoms with E-state index in [0.717, 1.165) is 17.7 Å². The van der Waals surface area contributed by atoms with Crippen molar-refractivity contribution in [3.63, 3.8) is 0 Å². The molecule has 0 bridgehead atoms. The summed E-state index contributed by atoms with van der Waals surface area (Å²) in [5, 5.41) is 2.74. The van der Waals surface area contributed by atoms with Gasteiger partial charge in [0, 0.05) is 18.2 Å². The third-order valence-electron chi connectivity index (χ3n) is 2.20. The lowest BCUT2D eigenvalue weighted by atomic mass is 10.0. The molecule has 1 amide bonds. The van der Waals surface area contributed by atoms with Crippen molar-refractivity contribution in [1.29, 1.82) is 0 Å². The molecule has 15 heavy (non-hydrogen) atoms. The summed E-state index contributed by atoms with van der Waals surface area (Å²) in [7, 11) is 0. The van der Waals surface area contributed by atoms with Crippen LogP contribution in [0.3, 0.4) is 0 Å². The summed E-state index contributed by atoms with van der Waals surface area (Å²) >= 11 is 0. The van der Waals surface area contributed by atoms with E-state index in [1.54, 1.807) is 12.1 Å². The lowest BCUT2D eigenvalue weighted by molar-refractivity contribution is -0.114. The number of anilines is 1. The van der Waals surface area contributed by atoms with Gasteiger partial charge in [0.05, 0.1) is 0 Å². The van der Waals surface area contributed by atoms with Crippen LogP contribution >= 0.6 is 0 Å². The minimum Gasteiger partial charge on any atom is -0.326 e. The van der Waals surface area contributed by atoms with Crippen LogP contribution in [0.4, 0.5) is 5.69 Å². The highest BCUT2D eigenvalue weighted by atomic mass is 16.1. The van der Waals surface area contributed by atoms with E-state index in [1.807, 2.05) is 13.0 Å². The van der Waals surface area contributed by atoms with Crippen LogP contribution in [0.1, 0.15) is 36.7 Å². The third-order valence-corrected chi connectivity index (χ3v) is 2.20. The Morgan fingerprint density at radius 3 is 2.40 bits per heavy atom. The summed E-state index contributed by atoms with van der Waals surface area (Å²) < 4.78 is 0. The number of hydrogen-bond donors (Lipinski definition) is 1. The maximum Gasteiger partial charge on any atom is 0.221 e. The number of Topliss-reactive ketones (excluding diaryl/α,β-unsaturated/α-hetero) is 1. The molecule has 0 aliphatic heterocycles. The van der Waals surface area contributed by atoms with Crippen molar-refractivity contribution < 1.29 is 9.59 Å². The standard InChI is InChI=1S/C12H15NO2/c1-4-10-7-11(8(2)14)5-6-12(10)13-9(3)15/h5-7H,4H2,1-3H3,(H,13,15). The number of carbonyl (C=O) groups excluding carboxylic acids is 2. The molecule has 3 heteroatoms. The van der Waals surface area contributed by atoms with Gasteiger partial charge in [0.25, 0.3) is 0 Å². The first-order valence-corrected chi connectivity index (χ1v) is 4.96. The summed E-state index contributed by atoms with van der Waals surface area (Å²) in [5.41, 5.74) is 2.45. The van der Waals surface area contributed by atoms with Gasteiger partial charge in [0.1, 0.15) is 0 Å². The highest BCUT2D eigenvalue weighted by molar-refractivity contribution is 5.96. The molecule has 1 aromatic rings.